The number of nitrogens with zero attached hydrogens (tertiary/aromatic N) is 1. The molecular weight excluding hydrogens is 236 g/mol. The Kier molecular flexibility index (Phi) is 5.56. The lowest BCUT2D eigenvalue weighted by Crippen LogP contribution is -2.37. The predicted octanol–water partition coefficient (Wildman–Crippen LogP) is 1.51. The van der Waals surface area contributed by atoms with Crippen LogP contribution in [0.2, 0.25) is 0 Å². The molecule has 0 amide bonds. The van der Waals surface area contributed by atoms with Crippen molar-refractivity contribution in [2.45, 2.75) is 0 Å². The van der Waals surface area contributed by atoms with Crippen molar-refractivity contribution in [3.05, 3.63) is 24.3 Å². The number of ether oxygens (including phenoxy) is 2. The van der Waals surface area contributed by atoms with Gasteiger partial charge in [-0.25, -0.2) is 0 Å². The standard InChI is InChI=1S/C12H18N2O2S/c1-13-12(17)14(2)8-9-16-11-6-4-10(15-3)5-7-11/h4-7H,8-9H2,1-3H3,(H,13,17). The summed E-state index contributed by atoms with van der Waals surface area (Å²) in [7, 11) is 5.38. The summed E-state index contributed by atoms with van der Waals surface area (Å²) < 4.78 is 10.7. The number of nitrogens with one attached hydrogen (secondary N) is 1. The number of methoxy groups -OCH3 is 1. The van der Waals surface area contributed by atoms with Gasteiger partial charge in [0.2, 0.25) is 0 Å². The summed E-state index contributed by atoms with van der Waals surface area (Å²) in [6, 6.07) is 7.51. The summed E-state index contributed by atoms with van der Waals surface area (Å²) in [6.07, 6.45) is 0. The number of hydrogen-bond acceptors (Lipinski definition) is 3. The highest BCUT2D eigenvalue weighted by atomic mass is 32.1. The number of hydrogen-bond donors (Lipinski definition) is 1. The van der Waals surface area contributed by atoms with Crippen molar-refractivity contribution >= 4 is 17.3 Å². The van der Waals surface area contributed by atoms with E-state index in [1.54, 1.807) is 7.11 Å². The van der Waals surface area contributed by atoms with Crippen molar-refractivity contribution in [2.24, 2.45) is 0 Å². The summed E-state index contributed by atoms with van der Waals surface area (Å²) in [6.45, 7) is 1.33. The van der Waals surface area contributed by atoms with Gasteiger partial charge in [0, 0.05) is 14.1 Å². The van der Waals surface area contributed by atoms with Crippen molar-refractivity contribution in [2.75, 3.05) is 34.4 Å². The number of rotatable bonds is 5. The van der Waals surface area contributed by atoms with E-state index in [4.69, 9.17) is 21.7 Å². The Morgan fingerprint density at radius 2 is 1.88 bits per heavy atom. The molecule has 17 heavy (non-hydrogen) atoms. The van der Waals surface area contributed by atoms with E-state index in [1.807, 2.05) is 43.3 Å². The van der Waals surface area contributed by atoms with Crippen LogP contribution in [-0.2, 0) is 0 Å². The second-order valence-corrected chi connectivity index (χ2v) is 3.89. The van der Waals surface area contributed by atoms with Crippen molar-refractivity contribution in [1.82, 2.24) is 10.2 Å². The van der Waals surface area contributed by atoms with Gasteiger partial charge in [0.1, 0.15) is 18.1 Å². The van der Waals surface area contributed by atoms with E-state index < -0.39 is 0 Å². The Labute approximate surface area is 108 Å². The van der Waals surface area contributed by atoms with Crippen LogP contribution in [-0.4, -0.2) is 44.4 Å². The molecule has 0 aromatic heterocycles. The molecule has 94 valence electrons. The third-order valence-corrected chi connectivity index (χ3v) is 2.83. The van der Waals surface area contributed by atoms with E-state index in [1.165, 1.54) is 0 Å². The van der Waals surface area contributed by atoms with Gasteiger partial charge in [-0.15, -0.1) is 0 Å². The largest absolute Gasteiger partial charge is 0.497 e. The fourth-order valence-electron chi connectivity index (χ4n) is 1.26. The Hall–Kier alpha value is -1.49. The van der Waals surface area contributed by atoms with Gasteiger partial charge in [-0.05, 0) is 36.5 Å². The van der Waals surface area contributed by atoms with Crippen LogP contribution in [0.4, 0.5) is 0 Å². The molecule has 0 radical (unpaired) electrons. The fourth-order valence-corrected chi connectivity index (χ4v) is 1.36. The van der Waals surface area contributed by atoms with Crippen molar-refractivity contribution < 1.29 is 9.47 Å². The maximum absolute atomic E-state index is 5.59. The first-order valence-electron chi connectivity index (χ1n) is 5.37. The molecule has 0 unspecified atom stereocenters. The average molecular weight is 254 g/mol. The molecule has 0 aliphatic carbocycles. The number of benzene rings is 1. The Morgan fingerprint density at radius 1 is 1.29 bits per heavy atom. The van der Waals surface area contributed by atoms with Gasteiger partial charge >= 0.3 is 0 Å². The van der Waals surface area contributed by atoms with Crippen LogP contribution in [0.3, 0.4) is 0 Å². The van der Waals surface area contributed by atoms with Gasteiger partial charge < -0.3 is 19.7 Å². The van der Waals surface area contributed by atoms with Gasteiger partial charge in [0.25, 0.3) is 0 Å². The highest BCUT2D eigenvalue weighted by Crippen LogP contribution is 2.16. The van der Waals surface area contributed by atoms with Crippen LogP contribution >= 0.6 is 12.2 Å². The van der Waals surface area contributed by atoms with Gasteiger partial charge in [-0.2, -0.15) is 0 Å². The summed E-state index contributed by atoms with van der Waals surface area (Å²) in [5.74, 6) is 1.65. The van der Waals surface area contributed by atoms with Crippen LogP contribution in [0.1, 0.15) is 0 Å². The van der Waals surface area contributed by atoms with Crippen molar-refractivity contribution in [3.8, 4) is 11.5 Å². The van der Waals surface area contributed by atoms with Crippen molar-refractivity contribution in [3.63, 3.8) is 0 Å². The van der Waals surface area contributed by atoms with E-state index >= 15 is 0 Å². The van der Waals surface area contributed by atoms with Crippen LogP contribution < -0.4 is 14.8 Å². The second-order valence-electron chi connectivity index (χ2n) is 3.50. The molecule has 4 nitrogen and oxygen atoms in total. The molecule has 1 N–H and O–H groups in total. The zero-order valence-corrected chi connectivity index (χ0v) is 11.2. The fraction of sp³-hybridized carbons (Fsp3) is 0.417. The van der Waals surface area contributed by atoms with Crippen LogP contribution in [0.5, 0.6) is 11.5 Å². The lowest BCUT2D eigenvalue weighted by molar-refractivity contribution is 0.283. The monoisotopic (exact) mass is 254 g/mol. The molecule has 5 heteroatoms. The topological polar surface area (TPSA) is 33.7 Å². The first kappa shape index (κ1) is 13.6. The van der Waals surface area contributed by atoms with E-state index in [-0.39, 0.29) is 0 Å². The second kappa shape index (κ2) is 6.96. The molecule has 0 aliphatic heterocycles. The third-order valence-electron chi connectivity index (χ3n) is 2.32. The van der Waals surface area contributed by atoms with Crippen LogP contribution in [0, 0.1) is 0 Å². The molecule has 0 atom stereocenters. The lowest BCUT2D eigenvalue weighted by atomic mass is 10.3. The summed E-state index contributed by atoms with van der Waals surface area (Å²) >= 11 is 5.08. The molecule has 0 heterocycles. The average Bonchev–Trinajstić information content (AvgIpc) is 2.38. The summed E-state index contributed by atoms with van der Waals surface area (Å²) in [4.78, 5) is 1.93. The Morgan fingerprint density at radius 3 is 2.41 bits per heavy atom. The zero-order chi connectivity index (χ0) is 12.7. The minimum Gasteiger partial charge on any atom is -0.497 e. The van der Waals surface area contributed by atoms with Crippen LogP contribution in [0.25, 0.3) is 0 Å². The molecule has 0 aliphatic rings. The molecule has 1 aromatic carbocycles. The summed E-state index contributed by atoms with van der Waals surface area (Å²) in [5, 5.41) is 3.63. The Bertz CT molecular complexity index is 354. The molecule has 0 spiro atoms. The minimum atomic E-state index is 0.588. The quantitative estimate of drug-likeness (QED) is 0.806. The molecule has 1 aromatic rings. The smallest absolute Gasteiger partial charge is 0.168 e. The maximum Gasteiger partial charge on any atom is 0.168 e. The van der Waals surface area contributed by atoms with Gasteiger partial charge in [0.05, 0.1) is 13.7 Å². The van der Waals surface area contributed by atoms with E-state index in [9.17, 15) is 0 Å². The summed E-state index contributed by atoms with van der Waals surface area (Å²) in [5.41, 5.74) is 0. The molecule has 0 fully saturated rings. The van der Waals surface area contributed by atoms with E-state index in [0.29, 0.717) is 11.7 Å². The highest BCUT2D eigenvalue weighted by Gasteiger charge is 2.01. The lowest BCUT2D eigenvalue weighted by Gasteiger charge is -2.19. The van der Waals surface area contributed by atoms with E-state index in [2.05, 4.69) is 5.32 Å². The Balaban J connectivity index is 2.33. The zero-order valence-electron chi connectivity index (χ0n) is 10.4. The predicted molar refractivity (Wildman–Crippen MR) is 72.8 cm³/mol. The normalized spacial score (nSPS) is 9.59. The molecule has 1 rings (SSSR count). The number of thiocarbonyl (C=S) groups is 1. The van der Waals surface area contributed by atoms with E-state index in [0.717, 1.165) is 18.0 Å². The van der Waals surface area contributed by atoms with Gasteiger partial charge in [-0.1, -0.05) is 0 Å². The first-order valence-corrected chi connectivity index (χ1v) is 5.78. The van der Waals surface area contributed by atoms with Gasteiger partial charge in [-0.3, -0.25) is 0 Å². The van der Waals surface area contributed by atoms with Crippen LogP contribution in [0.15, 0.2) is 24.3 Å². The molecule has 0 saturated heterocycles. The molecular formula is C12H18N2O2S. The SMILES string of the molecule is CNC(=S)N(C)CCOc1ccc(OC)cc1. The first-order chi connectivity index (χ1) is 8.17. The van der Waals surface area contributed by atoms with Gasteiger partial charge in [0.15, 0.2) is 5.11 Å². The maximum atomic E-state index is 5.59. The molecule has 0 saturated carbocycles. The molecule has 0 bridgehead atoms. The third kappa shape index (κ3) is 4.48. The minimum absolute atomic E-state index is 0.588. The van der Waals surface area contributed by atoms with Crippen molar-refractivity contribution in [1.29, 1.82) is 0 Å². The highest BCUT2D eigenvalue weighted by molar-refractivity contribution is 7.80. The number of likely N-dealkylation sites (N-methyl/N-ethyl adjacent to an activating group) is 1.